The van der Waals surface area contributed by atoms with E-state index in [1.807, 2.05) is 12.1 Å². The van der Waals surface area contributed by atoms with Crippen molar-refractivity contribution in [3.8, 4) is 0 Å². The van der Waals surface area contributed by atoms with E-state index in [2.05, 4.69) is 4.98 Å². The minimum Gasteiger partial charge on any atom is -0.462 e. The molecule has 0 amide bonds. The summed E-state index contributed by atoms with van der Waals surface area (Å²) in [5.74, 6) is -0.404. The minimum absolute atomic E-state index is 0.334. The molecule has 82 valence electrons. The van der Waals surface area contributed by atoms with Crippen LogP contribution in [0.25, 0.3) is 10.9 Å². The van der Waals surface area contributed by atoms with Crippen LogP contribution in [0.1, 0.15) is 17.3 Å². The molecule has 2 rings (SSSR count). The smallest absolute Gasteiger partial charge is 0.339 e. The third-order valence-electron chi connectivity index (χ3n) is 2.19. The molecule has 1 aromatic heterocycles. The molecule has 0 atom stereocenters. The van der Waals surface area contributed by atoms with Crippen molar-refractivity contribution < 1.29 is 9.53 Å². The van der Waals surface area contributed by atoms with Crippen molar-refractivity contribution >= 4 is 28.5 Å². The van der Waals surface area contributed by atoms with Crippen LogP contribution in [0.3, 0.4) is 0 Å². The Morgan fingerprint density at radius 1 is 1.50 bits per heavy atom. The number of hydrogen-bond donors (Lipinski definition) is 0. The molecule has 0 aliphatic rings. The quantitative estimate of drug-likeness (QED) is 0.751. The van der Waals surface area contributed by atoms with Gasteiger partial charge in [-0.15, -0.1) is 0 Å². The number of pyridine rings is 1. The van der Waals surface area contributed by atoms with Crippen LogP contribution in [0.2, 0.25) is 5.02 Å². The van der Waals surface area contributed by atoms with E-state index in [4.69, 9.17) is 16.3 Å². The summed E-state index contributed by atoms with van der Waals surface area (Å²) in [6.07, 6.45) is 1.68. The molecular weight excluding hydrogens is 226 g/mol. The molecule has 0 fully saturated rings. The Morgan fingerprint density at radius 2 is 2.31 bits per heavy atom. The number of ether oxygens (including phenoxy) is 1. The number of hydrogen-bond acceptors (Lipinski definition) is 3. The molecule has 3 nitrogen and oxygen atoms in total. The number of nitrogens with zero attached hydrogens (tertiary/aromatic N) is 1. The van der Waals surface area contributed by atoms with E-state index in [1.165, 1.54) is 0 Å². The molecule has 2 aromatic rings. The van der Waals surface area contributed by atoms with E-state index in [1.54, 1.807) is 25.3 Å². The summed E-state index contributed by atoms with van der Waals surface area (Å²) in [6.45, 7) is 2.09. The van der Waals surface area contributed by atoms with Gasteiger partial charge >= 0.3 is 5.97 Å². The second kappa shape index (κ2) is 4.49. The molecule has 0 saturated heterocycles. The summed E-state index contributed by atoms with van der Waals surface area (Å²) >= 11 is 5.99. The van der Waals surface area contributed by atoms with Crippen molar-refractivity contribution in [3.05, 3.63) is 41.0 Å². The number of rotatable bonds is 2. The van der Waals surface area contributed by atoms with Crippen LogP contribution in [-0.4, -0.2) is 17.6 Å². The number of halogens is 1. The standard InChI is InChI=1S/C12H10ClNO2/c1-2-16-12(15)9-6-8-4-3-5-14-11(8)7-10(9)13/h3-7H,2H2,1H3. The third-order valence-corrected chi connectivity index (χ3v) is 2.50. The van der Waals surface area contributed by atoms with Crippen molar-refractivity contribution in [1.29, 1.82) is 0 Å². The van der Waals surface area contributed by atoms with E-state index in [9.17, 15) is 4.79 Å². The number of benzene rings is 1. The van der Waals surface area contributed by atoms with Gasteiger partial charge in [0.25, 0.3) is 0 Å². The Bertz CT molecular complexity index is 540. The molecule has 0 radical (unpaired) electrons. The van der Waals surface area contributed by atoms with E-state index >= 15 is 0 Å². The molecule has 0 saturated carbocycles. The fourth-order valence-corrected chi connectivity index (χ4v) is 1.70. The number of fused-ring (bicyclic) bond motifs is 1. The zero-order chi connectivity index (χ0) is 11.5. The first-order valence-corrected chi connectivity index (χ1v) is 5.31. The van der Waals surface area contributed by atoms with Gasteiger partial charge in [0.2, 0.25) is 0 Å². The van der Waals surface area contributed by atoms with E-state index in [0.29, 0.717) is 17.2 Å². The van der Waals surface area contributed by atoms with E-state index in [-0.39, 0.29) is 0 Å². The van der Waals surface area contributed by atoms with Crippen LogP contribution in [0.15, 0.2) is 30.5 Å². The highest BCUT2D eigenvalue weighted by molar-refractivity contribution is 6.34. The van der Waals surface area contributed by atoms with E-state index in [0.717, 1.165) is 10.9 Å². The van der Waals surface area contributed by atoms with E-state index < -0.39 is 5.97 Å². The third kappa shape index (κ3) is 1.99. The summed E-state index contributed by atoms with van der Waals surface area (Å²) < 4.78 is 4.91. The van der Waals surface area contributed by atoms with Crippen LogP contribution in [-0.2, 0) is 4.74 Å². The lowest BCUT2D eigenvalue weighted by molar-refractivity contribution is 0.0527. The summed E-state index contributed by atoms with van der Waals surface area (Å²) in [5.41, 5.74) is 1.14. The molecule has 0 unspecified atom stereocenters. The van der Waals surface area contributed by atoms with Crippen LogP contribution < -0.4 is 0 Å². The largest absolute Gasteiger partial charge is 0.462 e. The van der Waals surface area contributed by atoms with Gasteiger partial charge in [-0.05, 0) is 25.1 Å². The number of carbonyl (C=O) groups excluding carboxylic acids is 1. The lowest BCUT2D eigenvalue weighted by Crippen LogP contribution is -2.05. The van der Waals surface area contributed by atoms with Crippen molar-refractivity contribution in [1.82, 2.24) is 4.98 Å². The lowest BCUT2D eigenvalue weighted by Gasteiger charge is -2.05. The fraction of sp³-hybridized carbons (Fsp3) is 0.167. The number of aromatic nitrogens is 1. The molecule has 4 heteroatoms. The maximum atomic E-state index is 11.6. The van der Waals surface area contributed by atoms with Crippen molar-refractivity contribution in [3.63, 3.8) is 0 Å². The Labute approximate surface area is 98.0 Å². The topological polar surface area (TPSA) is 39.2 Å². The van der Waals surface area contributed by atoms with Gasteiger partial charge in [-0.2, -0.15) is 0 Å². The summed E-state index contributed by atoms with van der Waals surface area (Å²) in [6, 6.07) is 7.05. The monoisotopic (exact) mass is 235 g/mol. The minimum atomic E-state index is -0.404. The van der Waals surface area contributed by atoms with Gasteiger partial charge in [-0.1, -0.05) is 17.7 Å². The van der Waals surface area contributed by atoms with Gasteiger partial charge in [0, 0.05) is 11.6 Å². The molecule has 0 N–H and O–H groups in total. The van der Waals surface area contributed by atoms with Crippen LogP contribution in [0.4, 0.5) is 0 Å². The highest BCUT2D eigenvalue weighted by Gasteiger charge is 2.12. The van der Waals surface area contributed by atoms with Crippen molar-refractivity contribution in [2.75, 3.05) is 6.61 Å². The number of carbonyl (C=O) groups is 1. The fourth-order valence-electron chi connectivity index (χ4n) is 1.46. The molecule has 1 heterocycles. The second-order valence-electron chi connectivity index (χ2n) is 3.25. The summed E-state index contributed by atoms with van der Waals surface area (Å²) in [4.78, 5) is 15.7. The highest BCUT2D eigenvalue weighted by Crippen LogP contribution is 2.23. The van der Waals surface area contributed by atoms with Gasteiger partial charge in [0.1, 0.15) is 0 Å². The van der Waals surface area contributed by atoms with Crippen molar-refractivity contribution in [2.45, 2.75) is 6.92 Å². The predicted octanol–water partition coefficient (Wildman–Crippen LogP) is 3.06. The average molecular weight is 236 g/mol. The molecule has 0 spiro atoms. The summed E-state index contributed by atoms with van der Waals surface area (Å²) in [5, 5.41) is 1.24. The van der Waals surface area contributed by atoms with Gasteiger partial charge in [-0.25, -0.2) is 4.79 Å². The van der Waals surface area contributed by atoms with Gasteiger partial charge in [-0.3, -0.25) is 4.98 Å². The molecule has 0 aliphatic heterocycles. The average Bonchev–Trinajstić information content (AvgIpc) is 2.28. The van der Waals surface area contributed by atoms with Gasteiger partial charge in [0.15, 0.2) is 0 Å². The Kier molecular flexibility index (Phi) is 3.06. The second-order valence-corrected chi connectivity index (χ2v) is 3.66. The first kappa shape index (κ1) is 10.9. The molecular formula is C12H10ClNO2. The zero-order valence-electron chi connectivity index (χ0n) is 8.74. The summed E-state index contributed by atoms with van der Waals surface area (Å²) in [7, 11) is 0. The normalized spacial score (nSPS) is 10.4. The molecule has 1 aromatic carbocycles. The first-order chi connectivity index (χ1) is 7.72. The first-order valence-electron chi connectivity index (χ1n) is 4.93. The zero-order valence-corrected chi connectivity index (χ0v) is 9.49. The number of esters is 1. The molecule has 16 heavy (non-hydrogen) atoms. The lowest BCUT2D eigenvalue weighted by atomic mass is 10.1. The molecule has 0 aliphatic carbocycles. The van der Waals surface area contributed by atoms with Gasteiger partial charge < -0.3 is 4.74 Å². The van der Waals surface area contributed by atoms with Crippen LogP contribution in [0, 0.1) is 0 Å². The SMILES string of the molecule is CCOC(=O)c1cc2cccnc2cc1Cl. The van der Waals surface area contributed by atoms with Crippen LogP contribution >= 0.6 is 11.6 Å². The Balaban J connectivity index is 2.54. The Morgan fingerprint density at radius 3 is 3.06 bits per heavy atom. The maximum Gasteiger partial charge on any atom is 0.339 e. The van der Waals surface area contributed by atoms with Gasteiger partial charge in [0.05, 0.1) is 22.7 Å². The highest BCUT2D eigenvalue weighted by atomic mass is 35.5. The van der Waals surface area contributed by atoms with Crippen LogP contribution in [0.5, 0.6) is 0 Å². The Hall–Kier alpha value is -1.61. The van der Waals surface area contributed by atoms with Crippen molar-refractivity contribution in [2.24, 2.45) is 0 Å². The maximum absolute atomic E-state index is 11.6. The molecule has 0 bridgehead atoms. The predicted molar refractivity (Wildman–Crippen MR) is 62.7 cm³/mol.